The van der Waals surface area contributed by atoms with E-state index < -0.39 is 12.6 Å². The summed E-state index contributed by atoms with van der Waals surface area (Å²) < 4.78 is 20.0. The molecule has 0 saturated carbocycles. The molecule has 2 heterocycles. The molecule has 0 N–H and O–H groups in total. The van der Waals surface area contributed by atoms with Crippen LogP contribution in [0.4, 0.5) is 0 Å². The van der Waals surface area contributed by atoms with Crippen LogP contribution in [-0.2, 0) is 17.6 Å². The SMILES string of the molecule is CCCCC(C)(C)Cc1cc(C(C)C)c2c(c1)C1Oc3c(C(C)C)cc(CC(C)(C)CCC)cc3C(O2)O1. The lowest BCUT2D eigenvalue weighted by Crippen LogP contribution is -2.32. The van der Waals surface area contributed by atoms with E-state index in [-0.39, 0.29) is 10.8 Å². The first-order valence-electron chi connectivity index (χ1n) is 15.2. The molecule has 2 bridgehead atoms. The molecule has 0 amide bonds. The normalized spacial score (nSPS) is 18.7. The van der Waals surface area contributed by atoms with Gasteiger partial charge >= 0.3 is 0 Å². The van der Waals surface area contributed by atoms with Gasteiger partial charge in [-0.2, -0.15) is 0 Å². The Morgan fingerprint density at radius 2 is 1.11 bits per heavy atom. The number of fused-ring (bicyclic) bond motifs is 6. The van der Waals surface area contributed by atoms with Crippen LogP contribution in [0.3, 0.4) is 0 Å². The lowest BCUT2D eigenvalue weighted by atomic mass is 9.80. The third kappa shape index (κ3) is 6.24. The Hall–Kier alpha value is -2.00. The van der Waals surface area contributed by atoms with Gasteiger partial charge in [0, 0.05) is 0 Å². The van der Waals surface area contributed by atoms with Crippen molar-refractivity contribution in [3.63, 3.8) is 0 Å². The number of hydrogen-bond acceptors (Lipinski definition) is 3. The highest BCUT2D eigenvalue weighted by molar-refractivity contribution is 5.53. The second-order valence-electron chi connectivity index (χ2n) is 14.1. The second-order valence-corrected chi connectivity index (χ2v) is 14.1. The van der Waals surface area contributed by atoms with Crippen LogP contribution in [0, 0.1) is 10.8 Å². The Morgan fingerprint density at radius 3 is 1.50 bits per heavy atom. The van der Waals surface area contributed by atoms with Crippen LogP contribution in [0.5, 0.6) is 11.5 Å². The first-order chi connectivity index (χ1) is 17.8. The van der Waals surface area contributed by atoms with Crippen molar-refractivity contribution in [1.29, 1.82) is 0 Å². The van der Waals surface area contributed by atoms with Gasteiger partial charge in [0.15, 0.2) is 0 Å². The molecule has 2 unspecified atom stereocenters. The van der Waals surface area contributed by atoms with Crippen LogP contribution in [0.15, 0.2) is 24.3 Å². The van der Waals surface area contributed by atoms with E-state index in [1.54, 1.807) is 0 Å². The highest BCUT2D eigenvalue weighted by Crippen LogP contribution is 2.52. The van der Waals surface area contributed by atoms with Crippen molar-refractivity contribution in [3.8, 4) is 11.5 Å². The van der Waals surface area contributed by atoms with Gasteiger partial charge in [-0.15, -0.1) is 0 Å². The third-order valence-corrected chi connectivity index (χ3v) is 8.36. The Kier molecular flexibility index (Phi) is 8.58. The van der Waals surface area contributed by atoms with E-state index in [9.17, 15) is 0 Å². The van der Waals surface area contributed by atoms with E-state index in [4.69, 9.17) is 14.2 Å². The minimum Gasteiger partial charge on any atom is -0.459 e. The molecule has 0 spiro atoms. The first kappa shape index (κ1) is 29.0. The Bertz CT molecular complexity index is 1120. The van der Waals surface area contributed by atoms with E-state index in [0.717, 1.165) is 35.5 Å². The number of rotatable bonds is 11. The summed E-state index contributed by atoms with van der Waals surface area (Å²) in [5.41, 5.74) is 7.81. The third-order valence-electron chi connectivity index (χ3n) is 8.36. The Balaban J connectivity index is 1.74. The van der Waals surface area contributed by atoms with Crippen LogP contribution < -0.4 is 9.47 Å². The van der Waals surface area contributed by atoms with Crippen molar-refractivity contribution < 1.29 is 14.2 Å². The van der Waals surface area contributed by atoms with E-state index in [1.165, 1.54) is 54.4 Å². The minimum absolute atomic E-state index is 0.252. The molecule has 2 atom stereocenters. The zero-order valence-corrected chi connectivity index (χ0v) is 25.8. The van der Waals surface area contributed by atoms with Crippen LogP contribution >= 0.6 is 0 Å². The van der Waals surface area contributed by atoms with Gasteiger partial charge < -0.3 is 9.47 Å². The van der Waals surface area contributed by atoms with Gasteiger partial charge in [0.2, 0.25) is 12.6 Å². The van der Waals surface area contributed by atoms with Crippen molar-refractivity contribution in [3.05, 3.63) is 57.6 Å². The minimum atomic E-state index is -0.438. The Labute approximate surface area is 232 Å². The van der Waals surface area contributed by atoms with Gasteiger partial charge in [-0.1, -0.05) is 101 Å². The van der Waals surface area contributed by atoms with Crippen LogP contribution in [-0.4, -0.2) is 0 Å². The largest absolute Gasteiger partial charge is 0.459 e. The maximum absolute atomic E-state index is 6.74. The van der Waals surface area contributed by atoms with Crippen molar-refractivity contribution in [2.75, 3.05) is 0 Å². The number of unbranched alkanes of at least 4 members (excludes halogenated alkanes) is 1. The maximum atomic E-state index is 6.74. The molecule has 38 heavy (non-hydrogen) atoms. The molecular weight excluding hydrogens is 468 g/mol. The zero-order chi connectivity index (χ0) is 27.8. The lowest BCUT2D eigenvalue weighted by Gasteiger charge is -2.41. The monoisotopic (exact) mass is 520 g/mol. The van der Waals surface area contributed by atoms with Crippen molar-refractivity contribution in [2.45, 2.75) is 139 Å². The Morgan fingerprint density at radius 1 is 0.658 bits per heavy atom. The molecule has 2 aliphatic rings. The predicted octanol–water partition coefficient (Wildman–Crippen LogP) is 10.6. The molecule has 2 aromatic carbocycles. The average molecular weight is 521 g/mol. The standard InChI is InChI=1S/C35H52O3/c1-11-13-15-35(9,10)21-25-17-27(23(5)6)31-29(19-25)33-36-30-26(22(3)4)16-24(20-34(7,8)14-12-2)18-28(30)32(37-31)38-33/h16-19,22-23,32-33H,11-15,20-21H2,1-10H3. The van der Waals surface area contributed by atoms with Gasteiger partial charge in [-0.05, 0) is 82.7 Å². The van der Waals surface area contributed by atoms with Gasteiger partial charge in [0.25, 0.3) is 0 Å². The van der Waals surface area contributed by atoms with Gasteiger partial charge in [-0.25, -0.2) is 0 Å². The molecule has 0 radical (unpaired) electrons. The molecule has 0 fully saturated rings. The zero-order valence-electron chi connectivity index (χ0n) is 25.8. The summed E-state index contributed by atoms with van der Waals surface area (Å²) in [5.74, 6) is 2.63. The van der Waals surface area contributed by atoms with Gasteiger partial charge in [-0.3, -0.25) is 4.74 Å². The average Bonchev–Trinajstić information content (AvgIpc) is 2.82. The molecule has 210 valence electrons. The quantitative estimate of drug-likeness (QED) is 0.295. The van der Waals surface area contributed by atoms with E-state index >= 15 is 0 Å². The van der Waals surface area contributed by atoms with Crippen molar-refractivity contribution in [1.82, 2.24) is 0 Å². The number of ether oxygens (including phenoxy) is 3. The first-order valence-corrected chi connectivity index (χ1v) is 15.2. The van der Waals surface area contributed by atoms with E-state index in [2.05, 4.69) is 93.5 Å². The highest BCUT2D eigenvalue weighted by Gasteiger charge is 2.41. The van der Waals surface area contributed by atoms with Crippen LogP contribution in [0.25, 0.3) is 0 Å². The summed E-state index contributed by atoms with van der Waals surface area (Å²) in [4.78, 5) is 0. The molecule has 2 aliphatic heterocycles. The molecule has 0 aromatic heterocycles. The predicted molar refractivity (Wildman–Crippen MR) is 158 cm³/mol. The second kappa shape index (κ2) is 11.2. The topological polar surface area (TPSA) is 27.7 Å². The summed E-state index contributed by atoms with van der Waals surface area (Å²) in [6.07, 6.45) is 7.34. The number of benzene rings is 2. The lowest BCUT2D eigenvalue weighted by molar-refractivity contribution is -0.228. The molecular formula is C35H52O3. The van der Waals surface area contributed by atoms with Crippen LogP contribution in [0.2, 0.25) is 0 Å². The fourth-order valence-corrected chi connectivity index (χ4v) is 6.43. The summed E-state index contributed by atoms with van der Waals surface area (Å²) >= 11 is 0. The molecule has 3 heteroatoms. The summed E-state index contributed by atoms with van der Waals surface area (Å²) in [7, 11) is 0. The highest BCUT2D eigenvalue weighted by atomic mass is 16.8. The smallest absolute Gasteiger partial charge is 0.233 e. The van der Waals surface area contributed by atoms with Crippen LogP contribution in [0.1, 0.15) is 159 Å². The van der Waals surface area contributed by atoms with Gasteiger partial charge in [0.05, 0.1) is 11.1 Å². The number of hydrogen-bond donors (Lipinski definition) is 0. The molecule has 3 nitrogen and oxygen atoms in total. The summed E-state index contributed by atoms with van der Waals surface area (Å²) in [5, 5.41) is 0. The van der Waals surface area contributed by atoms with Crippen molar-refractivity contribution in [2.24, 2.45) is 10.8 Å². The molecule has 0 aliphatic carbocycles. The van der Waals surface area contributed by atoms with E-state index in [1.807, 2.05) is 0 Å². The van der Waals surface area contributed by atoms with Gasteiger partial charge in [0.1, 0.15) is 11.5 Å². The fourth-order valence-electron chi connectivity index (χ4n) is 6.43. The van der Waals surface area contributed by atoms with Crippen molar-refractivity contribution >= 4 is 0 Å². The summed E-state index contributed by atoms with van der Waals surface area (Å²) in [6.45, 7) is 23.1. The summed E-state index contributed by atoms with van der Waals surface area (Å²) in [6, 6.07) is 9.32. The molecule has 0 saturated heterocycles. The fraction of sp³-hybridized carbons (Fsp3) is 0.657. The maximum Gasteiger partial charge on any atom is 0.233 e. The molecule has 2 aromatic rings. The molecule has 4 rings (SSSR count). The van der Waals surface area contributed by atoms with E-state index in [0.29, 0.717) is 11.8 Å².